The lowest BCUT2D eigenvalue weighted by Gasteiger charge is -2.15. The number of H-pyrrole nitrogens is 1. The second-order valence-corrected chi connectivity index (χ2v) is 5.26. The molecule has 130 valence electrons. The molecule has 9 nitrogen and oxygen atoms in total. The van der Waals surface area contributed by atoms with Crippen LogP contribution in [-0.2, 0) is 32.3 Å². The zero-order chi connectivity index (χ0) is 17.6. The molecule has 0 saturated carbocycles. The summed E-state index contributed by atoms with van der Waals surface area (Å²) in [7, 11) is 0. The van der Waals surface area contributed by atoms with Gasteiger partial charge in [0.15, 0.2) is 5.71 Å². The Hall–Kier alpha value is -3.23. The van der Waals surface area contributed by atoms with E-state index in [1.54, 1.807) is 24.1 Å². The fraction of sp³-hybridized carbons (Fsp3) is 0.312. The normalized spacial score (nSPS) is 13.5. The number of oxime groups is 1. The molecule has 0 aromatic carbocycles. The minimum Gasteiger partial charge on any atom is -0.463 e. The first kappa shape index (κ1) is 16.6. The molecule has 25 heavy (non-hydrogen) atoms. The Morgan fingerprint density at radius 1 is 1.32 bits per heavy atom. The maximum Gasteiger partial charge on any atom is 0.347 e. The number of nitrogens with zero attached hydrogens (tertiary/aromatic N) is 4. The molecule has 0 atom stereocenters. The summed E-state index contributed by atoms with van der Waals surface area (Å²) in [6.07, 6.45) is 3.20. The number of pyridine rings is 1. The van der Waals surface area contributed by atoms with Gasteiger partial charge in [0.25, 0.3) is 5.91 Å². The second-order valence-electron chi connectivity index (χ2n) is 5.26. The quantitative estimate of drug-likeness (QED) is 0.468. The van der Waals surface area contributed by atoms with Crippen LogP contribution in [0.2, 0.25) is 0 Å². The Kier molecular flexibility index (Phi) is 5.03. The lowest BCUT2D eigenvalue weighted by Crippen LogP contribution is -2.33. The van der Waals surface area contributed by atoms with E-state index in [1.807, 2.05) is 12.1 Å². The molecule has 0 unspecified atom stereocenters. The average molecular weight is 343 g/mol. The number of hydrogen-bond donors (Lipinski definition) is 1. The van der Waals surface area contributed by atoms with Gasteiger partial charge in [-0.1, -0.05) is 11.2 Å². The molecular weight excluding hydrogens is 326 g/mol. The summed E-state index contributed by atoms with van der Waals surface area (Å²) in [5, 5.41) is 10.3. The number of carbonyl (C=O) groups is 2. The van der Waals surface area contributed by atoms with E-state index in [0.717, 1.165) is 11.3 Å². The monoisotopic (exact) mass is 343 g/mol. The van der Waals surface area contributed by atoms with Crippen molar-refractivity contribution >= 4 is 17.6 Å². The van der Waals surface area contributed by atoms with E-state index >= 15 is 0 Å². The van der Waals surface area contributed by atoms with E-state index in [1.165, 1.54) is 6.20 Å². The third kappa shape index (κ3) is 3.82. The molecule has 0 fully saturated rings. The summed E-state index contributed by atoms with van der Waals surface area (Å²) in [4.78, 5) is 35.1. The van der Waals surface area contributed by atoms with Crippen LogP contribution in [0.15, 0.2) is 35.7 Å². The lowest BCUT2D eigenvalue weighted by atomic mass is 10.2. The molecule has 3 heterocycles. The van der Waals surface area contributed by atoms with Crippen molar-refractivity contribution in [3.05, 3.63) is 47.5 Å². The summed E-state index contributed by atoms with van der Waals surface area (Å²) >= 11 is 0. The van der Waals surface area contributed by atoms with Gasteiger partial charge in [-0.3, -0.25) is 14.9 Å². The SMILES string of the molecule is CCOC(=O)CO/N=C(/C(=O)N1Cc2cccnc2C1)c1ccn[nH]1. The molecule has 3 rings (SSSR count). The number of carbonyl (C=O) groups excluding carboxylic acids is 2. The highest BCUT2D eigenvalue weighted by Crippen LogP contribution is 2.21. The number of aromatic amines is 1. The van der Waals surface area contributed by atoms with Crippen LogP contribution in [0.25, 0.3) is 0 Å². The van der Waals surface area contributed by atoms with Gasteiger partial charge < -0.3 is 14.5 Å². The van der Waals surface area contributed by atoms with Crippen molar-refractivity contribution < 1.29 is 19.2 Å². The molecule has 1 aliphatic heterocycles. The third-order valence-electron chi connectivity index (χ3n) is 3.58. The fourth-order valence-corrected chi connectivity index (χ4v) is 2.44. The zero-order valence-electron chi connectivity index (χ0n) is 13.6. The number of fused-ring (bicyclic) bond motifs is 1. The minimum absolute atomic E-state index is 0.0367. The van der Waals surface area contributed by atoms with Crippen LogP contribution in [0.5, 0.6) is 0 Å². The Morgan fingerprint density at radius 2 is 2.20 bits per heavy atom. The van der Waals surface area contributed by atoms with Crippen molar-refractivity contribution in [1.82, 2.24) is 20.1 Å². The summed E-state index contributed by atoms with van der Waals surface area (Å²) in [6.45, 7) is 2.39. The first-order valence-corrected chi connectivity index (χ1v) is 7.76. The first-order chi connectivity index (χ1) is 12.2. The maximum absolute atomic E-state index is 12.8. The highest BCUT2D eigenvalue weighted by atomic mass is 16.7. The highest BCUT2D eigenvalue weighted by molar-refractivity contribution is 6.44. The predicted octanol–water partition coefficient (Wildman–Crippen LogP) is 0.631. The molecule has 1 aliphatic rings. The lowest BCUT2D eigenvalue weighted by molar-refractivity contribution is -0.148. The number of hydrogen-bond acceptors (Lipinski definition) is 7. The van der Waals surface area contributed by atoms with Crippen LogP contribution >= 0.6 is 0 Å². The molecule has 0 spiro atoms. The Labute approximate surface area is 143 Å². The number of aromatic nitrogens is 3. The Balaban J connectivity index is 1.74. The molecule has 0 aliphatic carbocycles. The van der Waals surface area contributed by atoms with Crippen LogP contribution in [0.4, 0.5) is 0 Å². The van der Waals surface area contributed by atoms with Crippen molar-refractivity contribution in [3.8, 4) is 0 Å². The summed E-state index contributed by atoms with van der Waals surface area (Å²) < 4.78 is 4.76. The van der Waals surface area contributed by atoms with E-state index in [4.69, 9.17) is 9.57 Å². The van der Waals surface area contributed by atoms with Crippen LogP contribution in [0, 0.1) is 0 Å². The first-order valence-electron chi connectivity index (χ1n) is 7.76. The van der Waals surface area contributed by atoms with Gasteiger partial charge in [0.2, 0.25) is 6.61 Å². The third-order valence-corrected chi connectivity index (χ3v) is 3.58. The summed E-state index contributed by atoms with van der Waals surface area (Å²) in [5.41, 5.74) is 2.28. The van der Waals surface area contributed by atoms with Crippen LogP contribution in [-0.4, -0.2) is 50.9 Å². The van der Waals surface area contributed by atoms with Gasteiger partial charge in [-0.15, -0.1) is 0 Å². The number of esters is 1. The Bertz CT molecular complexity index is 763. The molecule has 0 radical (unpaired) electrons. The average Bonchev–Trinajstić information content (AvgIpc) is 3.27. The molecule has 0 bridgehead atoms. The van der Waals surface area contributed by atoms with E-state index < -0.39 is 5.97 Å². The Morgan fingerprint density at radius 3 is 2.92 bits per heavy atom. The molecule has 9 heteroatoms. The van der Waals surface area contributed by atoms with Crippen molar-refractivity contribution in [2.24, 2.45) is 5.16 Å². The fourth-order valence-electron chi connectivity index (χ4n) is 2.44. The summed E-state index contributed by atoms with van der Waals surface area (Å²) in [5.74, 6) is -0.897. The van der Waals surface area contributed by atoms with Crippen LogP contribution < -0.4 is 0 Å². The molecular formula is C16H17N5O4. The standard InChI is InChI=1S/C16H17N5O4/c1-2-24-14(22)10-25-20-15(12-5-7-18-19-12)16(23)21-8-11-4-3-6-17-13(11)9-21/h3-7H,2,8-10H2,1H3,(H,18,19)/b20-15+. The van der Waals surface area contributed by atoms with Gasteiger partial charge in [-0.05, 0) is 24.6 Å². The van der Waals surface area contributed by atoms with Crippen molar-refractivity contribution in [2.45, 2.75) is 20.0 Å². The minimum atomic E-state index is -0.555. The number of amides is 1. The number of ether oxygens (including phenoxy) is 1. The van der Waals surface area contributed by atoms with Gasteiger partial charge >= 0.3 is 5.97 Å². The second kappa shape index (κ2) is 7.56. The smallest absolute Gasteiger partial charge is 0.347 e. The van der Waals surface area contributed by atoms with E-state index in [2.05, 4.69) is 20.3 Å². The van der Waals surface area contributed by atoms with Crippen molar-refractivity contribution in [1.29, 1.82) is 0 Å². The van der Waals surface area contributed by atoms with E-state index in [-0.39, 0.29) is 24.8 Å². The van der Waals surface area contributed by atoms with Gasteiger partial charge in [-0.2, -0.15) is 5.10 Å². The zero-order valence-corrected chi connectivity index (χ0v) is 13.6. The van der Waals surface area contributed by atoms with Gasteiger partial charge in [-0.25, -0.2) is 4.79 Å². The highest BCUT2D eigenvalue weighted by Gasteiger charge is 2.29. The maximum atomic E-state index is 12.8. The number of nitrogens with one attached hydrogen (secondary N) is 1. The van der Waals surface area contributed by atoms with Crippen molar-refractivity contribution in [2.75, 3.05) is 13.2 Å². The van der Waals surface area contributed by atoms with Crippen molar-refractivity contribution in [3.63, 3.8) is 0 Å². The molecule has 2 aromatic rings. The molecule has 1 amide bonds. The van der Waals surface area contributed by atoms with Gasteiger partial charge in [0, 0.05) is 18.9 Å². The largest absolute Gasteiger partial charge is 0.463 e. The van der Waals surface area contributed by atoms with Gasteiger partial charge in [0.1, 0.15) is 0 Å². The van der Waals surface area contributed by atoms with Crippen LogP contribution in [0.1, 0.15) is 23.9 Å². The molecule has 2 aromatic heterocycles. The predicted molar refractivity (Wildman–Crippen MR) is 86.2 cm³/mol. The summed E-state index contributed by atoms with van der Waals surface area (Å²) in [6, 6.07) is 5.37. The van der Waals surface area contributed by atoms with E-state index in [9.17, 15) is 9.59 Å². The molecule has 1 N–H and O–H groups in total. The van der Waals surface area contributed by atoms with Gasteiger partial charge in [0.05, 0.1) is 24.5 Å². The van der Waals surface area contributed by atoms with E-state index in [0.29, 0.717) is 18.8 Å². The topological polar surface area (TPSA) is 110 Å². The van der Waals surface area contributed by atoms with Crippen LogP contribution in [0.3, 0.4) is 0 Å². The molecule has 0 saturated heterocycles. The number of rotatable bonds is 6.